The molecule has 0 aromatic heterocycles. The van der Waals surface area contributed by atoms with Crippen LogP contribution in [0.1, 0.15) is 56.6 Å². The van der Waals surface area contributed by atoms with Crippen LogP contribution in [-0.2, 0) is 11.2 Å². The van der Waals surface area contributed by atoms with E-state index in [0.29, 0.717) is 18.3 Å². The number of fused-ring (bicyclic) bond motifs is 2. The smallest absolute Gasteiger partial charge is 0.211 e. The Balaban J connectivity index is 1.44. The summed E-state index contributed by atoms with van der Waals surface area (Å²) < 4.78 is 15.9. The Bertz CT molecular complexity index is 1300. The van der Waals surface area contributed by atoms with Crippen molar-refractivity contribution in [2.45, 2.75) is 56.8 Å². The molecule has 2 nitrogen and oxygen atoms in total. The van der Waals surface area contributed by atoms with Crippen molar-refractivity contribution in [3.05, 3.63) is 92.4 Å². The zero-order valence-electron chi connectivity index (χ0n) is 20.5. The lowest BCUT2D eigenvalue weighted by atomic mass is 9.94. The van der Waals surface area contributed by atoms with E-state index in [1.54, 1.807) is 17.8 Å². The van der Waals surface area contributed by atoms with E-state index < -0.39 is 0 Å². The van der Waals surface area contributed by atoms with Gasteiger partial charge in [0, 0.05) is 34.9 Å². The average Bonchev–Trinajstić information content (AvgIpc) is 3.28. The Labute approximate surface area is 216 Å². The van der Waals surface area contributed by atoms with Crippen molar-refractivity contribution in [1.82, 2.24) is 0 Å². The van der Waals surface area contributed by atoms with Gasteiger partial charge in [0.25, 0.3) is 0 Å². The first-order chi connectivity index (χ1) is 16.9. The highest BCUT2D eigenvalue weighted by molar-refractivity contribution is 8.07. The number of hydrogen-bond donors (Lipinski definition) is 0. The first-order valence-corrected chi connectivity index (χ1v) is 14.0. The molecule has 3 aliphatic rings. The van der Waals surface area contributed by atoms with Crippen LogP contribution >= 0.6 is 23.5 Å². The van der Waals surface area contributed by atoms with Crippen molar-refractivity contribution < 1.29 is 13.8 Å². The predicted molar refractivity (Wildman–Crippen MR) is 146 cm³/mol. The fourth-order valence-corrected chi connectivity index (χ4v) is 7.63. The molecule has 2 unspecified atom stereocenters. The molecule has 2 aromatic carbocycles. The summed E-state index contributed by atoms with van der Waals surface area (Å²) in [5.74, 6) is 0.730. The number of ketones is 1. The normalized spacial score (nSPS) is 25.5. The number of carbonyl (C=O) groups excluding carboxylic acids is 1. The van der Waals surface area contributed by atoms with Crippen LogP contribution in [0.25, 0.3) is 0 Å². The number of nitrogens with zero attached hydrogens (tertiary/aromatic N) is 1. The highest BCUT2D eigenvalue weighted by Gasteiger charge is 2.30. The van der Waals surface area contributed by atoms with E-state index in [0.717, 1.165) is 47.6 Å². The molecule has 35 heavy (non-hydrogen) atoms. The van der Waals surface area contributed by atoms with Crippen molar-refractivity contribution in [3.8, 4) is 0 Å². The highest BCUT2D eigenvalue weighted by Crippen LogP contribution is 2.50. The van der Waals surface area contributed by atoms with Gasteiger partial charge in [-0.2, -0.15) is 4.58 Å². The van der Waals surface area contributed by atoms with Crippen LogP contribution in [0.4, 0.5) is 10.1 Å². The molecule has 0 N–H and O–H groups in total. The highest BCUT2D eigenvalue weighted by atomic mass is 32.2. The standard InChI is InChI=1S/C30H31FNOS2/c1-4-7-24-25-8-5-6-9-28(25)35-29(24)12-13-30-27(33)15-19(2)14-23(34-30)18-22-16-20-10-11-21(31)17-26(20)32(22)3/h5-6,8-13,17-19,24H,4,7,14-16H2,1-3H3/q+1. The Hall–Kier alpha value is -2.37. The summed E-state index contributed by atoms with van der Waals surface area (Å²) >= 11 is 3.46. The van der Waals surface area contributed by atoms with Gasteiger partial charge in [0.05, 0.1) is 11.3 Å². The Morgan fingerprint density at radius 3 is 2.77 bits per heavy atom. The molecular weight excluding hydrogens is 473 g/mol. The molecule has 2 aromatic rings. The van der Waals surface area contributed by atoms with Gasteiger partial charge in [-0.3, -0.25) is 4.79 Å². The van der Waals surface area contributed by atoms with Crippen molar-refractivity contribution in [2.24, 2.45) is 5.92 Å². The number of hydrogen-bond acceptors (Lipinski definition) is 3. The molecule has 1 saturated heterocycles. The number of benzene rings is 2. The second kappa shape index (κ2) is 10.3. The summed E-state index contributed by atoms with van der Waals surface area (Å²) in [6.45, 7) is 4.39. The first-order valence-electron chi connectivity index (χ1n) is 12.4. The largest absolute Gasteiger partial charge is 0.294 e. The van der Waals surface area contributed by atoms with Gasteiger partial charge in [0.1, 0.15) is 12.9 Å². The molecule has 0 saturated carbocycles. The molecule has 5 rings (SSSR count). The molecule has 0 amide bonds. The monoisotopic (exact) mass is 504 g/mol. The lowest BCUT2D eigenvalue weighted by molar-refractivity contribution is -0.400. The number of rotatable bonds is 4. The van der Waals surface area contributed by atoms with E-state index >= 15 is 0 Å². The van der Waals surface area contributed by atoms with Gasteiger partial charge < -0.3 is 0 Å². The number of thioether (sulfide) groups is 2. The molecule has 2 atom stereocenters. The van der Waals surface area contributed by atoms with Crippen molar-refractivity contribution >= 4 is 40.7 Å². The van der Waals surface area contributed by atoms with Crippen molar-refractivity contribution in [1.29, 1.82) is 0 Å². The molecule has 180 valence electrons. The molecule has 0 radical (unpaired) electrons. The molecule has 3 aliphatic heterocycles. The van der Waals surface area contributed by atoms with Gasteiger partial charge in [-0.1, -0.05) is 68.1 Å². The maximum atomic E-state index is 13.8. The van der Waals surface area contributed by atoms with E-state index in [9.17, 15) is 9.18 Å². The second-order valence-electron chi connectivity index (χ2n) is 9.73. The summed E-state index contributed by atoms with van der Waals surface area (Å²) in [5, 5.41) is 0. The quantitative estimate of drug-likeness (QED) is 0.309. The van der Waals surface area contributed by atoms with Crippen LogP contribution in [0.5, 0.6) is 0 Å². The third kappa shape index (κ3) is 5.12. The van der Waals surface area contributed by atoms with E-state index in [1.807, 2.05) is 24.9 Å². The fraction of sp³-hybridized carbons (Fsp3) is 0.333. The van der Waals surface area contributed by atoms with Crippen molar-refractivity contribution in [3.63, 3.8) is 0 Å². The van der Waals surface area contributed by atoms with Crippen LogP contribution in [0.2, 0.25) is 0 Å². The van der Waals surface area contributed by atoms with Crippen molar-refractivity contribution in [2.75, 3.05) is 7.05 Å². The fourth-order valence-electron chi connectivity index (χ4n) is 5.20. The van der Waals surface area contributed by atoms with E-state index in [1.165, 1.54) is 26.3 Å². The van der Waals surface area contributed by atoms with Crippen LogP contribution < -0.4 is 0 Å². The minimum atomic E-state index is -0.209. The number of carbonyl (C=O) groups is 1. The molecule has 0 spiro atoms. The topological polar surface area (TPSA) is 20.1 Å². The summed E-state index contributed by atoms with van der Waals surface area (Å²) in [6.07, 6.45) is 11.0. The van der Waals surface area contributed by atoms with Gasteiger partial charge in [-0.15, -0.1) is 0 Å². The summed E-state index contributed by atoms with van der Waals surface area (Å²) in [6, 6.07) is 13.7. The van der Waals surface area contributed by atoms with Gasteiger partial charge in [-0.05, 0) is 58.4 Å². The molecule has 1 fully saturated rings. The van der Waals surface area contributed by atoms with Gasteiger partial charge in [-0.25, -0.2) is 4.39 Å². The molecule has 0 aliphatic carbocycles. The van der Waals surface area contributed by atoms with Gasteiger partial charge >= 0.3 is 0 Å². The third-order valence-electron chi connectivity index (χ3n) is 6.98. The number of Topliss-reactive ketones (excluding diaryl/α,β-unsaturated/α-hetero) is 1. The van der Waals surface area contributed by atoms with E-state index in [-0.39, 0.29) is 11.6 Å². The summed E-state index contributed by atoms with van der Waals surface area (Å²) in [4.78, 5) is 17.8. The number of halogens is 1. The number of allylic oxidation sites excluding steroid dienone is 6. The Kier molecular flexibility index (Phi) is 7.17. The van der Waals surface area contributed by atoms with Crippen LogP contribution in [-0.4, -0.2) is 23.1 Å². The van der Waals surface area contributed by atoms with Gasteiger partial charge in [0.2, 0.25) is 5.69 Å². The molecule has 3 heterocycles. The minimum Gasteiger partial charge on any atom is -0.294 e. The lowest BCUT2D eigenvalue weighted by Crippen LogP contribution is -2.06. The van der Waals surface area contributed by atoms with E-state index in [2.05, 4.69) is 60.9 Å². The lowest BCUT2D eigenvalue weighted by Gasteiger charge is -2.11. The Morgan fingerprint density at radius 2 is 1.94 bits per heavy atom. The zero-order valence-corrected chi connectivity index (χ0v) is 22.1. The predicted octanol–water partition coefficient (Wildman–Crippen LogP) is 8.17. The third-order valence-corrected chi connectivity index (χ3v) is 9.36. The van der Waals surface area contributed by atoms with Crippen LogP contribution in [0.15, 0.2) is 80.3 Å². The van der Waals surface area contributed by atoms with E-state index in [4.69, 9.17) is 0 Å². The SMILES string of the molecule is CCCC1C(=CC=C2SC(=CC3=[N+](C)c4cc(F)ccc4C3)CC(C)CC2=O)Sc2ccccc21. The van der Waals surface area contributed by atoms with Crippen LogP contribution in [0.3, 0.4) is 0 Å². The maximum absolute atomic E-state index is 13.8. The summed E-state index contributed by atoms with van der Waals surface area (Å²) in [7, 11) is 2.00. The first kappa shape index (κ1) is 24.3. The Morgan fingerprint density at radius 1 is 1.11 bits per heavy atom. The average molecular weight is 505 g/mol. The maximum Gasteiger partial charge on any atom is 0.211 e. The molecule has 5 heteroatoms. The minimum absolute atomic E-state index is 0.209. The zero-order chi connectivity index (χ0) is 24.5. The molecular formula is C30H31FNOS2+. The molecule has 0 bridgehead atoms. The van der Waals surface area contributed by atoms with Crippen LogP contribution in [0, 0.1) is 11.7 Å². The summed E-state index contributed by atoms with van der Waals surface area (Å²) in [5.41, 5.74) is 4.63. The second-order valence-corrected chi connectivity index (χ2v) is 12.0. The van der Waals surface area contributed by atoms with Gasteiger partial charge in [0.15, 0.2) is 11.5 Å².